The van der Waals surface area contributed by atoms with Gasteiger partial charge in [-0.25, -0.2) is 4.79 Å². The van der Waals surface area contributed by atoms with Crippen LogP contribution < -0.4 is 10.6 Å². The molecule has 1 fully saturated rings. The average molecular weight is 229 g/mol. The smallest absolute Gasteiger partial charge is 0.317 e. The van der Waals surface area contributed by atoms with E-state index >= 15 is 0 Å². The van der Waals surface area contributed by atoms with E-state index in [0.29, 0.717) is 6.54 Å². The van der Waals surface area contributed by atoms with E-state index in [-0.39, 0.29) is 17.7 Å². The number of nitrogens with one attached hydrogen (secondary N) is 2. The van der Waals surface area contributed by atoms with Gasteiger partial charge in [0.15, 0.2) is 0 Å². The van der Waals surface area contributed by atoms with Crippen molar-refractivity contribution in [3.05, 3.63) is 0 Å². The van der Waals surface area contributed by atoms with Crippen LogP contribution in [0.5, 0.6) is 0 Å². The molecule has 1 saturated heterocycles. The number of hydrogen-bond acceptors (Lipinski definition) is 3. The van der Waals surface area contributed by atoms with Crippen LogP contribution in [0.15, 0.2) is 0 Å². The van der Waals surface area contributed by atoms with Crippen LogP contribution in [0.2, 0.25) is 0 Å². The molecule has 1 aliphatic rings. The van der Waals surface area contributed by atoms with Gasteiger partial charge in [-0.05, 0) is 20.8 Å². The van der Waals surface area contributed by atoms with E-state index in [1.807, 2.05) is 20.8 Å². The van der Waals surface area contributed by atoms with Gasteiger partial charge in [0.25, 0.3) is 0 Å². The molecule has 0 bridgehead atoms. The second-order valence-electron chi connectivity index (χ2n) is 5.26. The topological polar surface area (TPSA) is 53.6 Å². The van der Waals surface area contributed by atoms with Crippen molar-refractivity contribution in [2.45, 2.75) is 32.4 Å². The third-order valence-corrected chi connectivity index (χ3v) is 2.31. The largest absolute Gasteiger partial charge is 0.374 e. The van der Waals surface area contributed by atoms with Gasteiger partial charge in [-0.2, -0.15) is 0 Å². The Labute approximate surface area is 97.5 Å². The summed E-state index contributed by atoms with van der Waals surface area (Å²) < 4.78 is 5.54. The van der Waals surface area contributed by atoms with Gasteiger partial charge in [-0.15, -0.1) is 0 Å². The average Bonchev–Trinajstić information content (AvgIpc) is 2.16. The molecule has 94 valence electrons. The van der Waals surface area contributed by atoms with Crippen molar-refractivity contribution in [3.63, 3.8) is 0 Å². The minimum atomic E-state index is -0.197. The molecule has 2 N–H and O–H groups in total. The molecule has 0 radical (unpaired) electrons. The van der Waals surface area contributed by atoms with Crippen LogP contribution in [0, 0.1) is 0 Å². The van der Waals surface area contributed by atoms with Crippen molar-refractivity contribution in [1.82, 2.24) is 15.5 Å². The number of rotatable bonds is 2. The van der Waals surface area contributed by atoms with E-state index in [2.05, 4.69) is 10.6 Å². The molecule has 1 rings (SSSR count). The molecule has 1 aliphatic heterocycles. The SMILES string of the molecule is CN(CC1CNCCO1)C(=O)NC(C)(C)C. The Bertz CT molecular complexity index is 232. The summed E-state index contributed by atoms with van der Waals surface area (Å²) in [4.78, 5) is 13.4. The third kappa shape index (κ3) is 4.81. The van der Waals surface area contributed by atoms with Crippen LogP contribution in [-0.2, 0) is 4.74 Å². The van der Waals surface area contributed by atoms with Crippen LogP contribution >= 0.6 is 0 Å². The Morgan fingerprint density at radius 3 is 2.75 bits per heavy atom. The number of nitrogens with zero attached hydrogens (tertiary/aromatic N) is 1. The molecule has 0 aliphatic carbocycles. The van der Waals surface area contributed by atoms with Crippen LogP contribution in [0.3, 0.4) is 0 Å². The first-order chi connectivity index (χ1) is 7.38. The molecule has 16 heavy (non-hydrogen) atoms. The van der Waals surface area contributed by atoms with E-state index in [1.54, 1.807) is 11.9 Å². The van der Waals surface area contributed by atoms with E-state index in [9.17, 15) is 4.79 Å². The number of carbonyl (C=O) groups is 1. The molecule has 1 unspecified atom stereocenters. The zero-order chi connectivity index (χ0) is 12.2. The molecule has 1 atom stereocenters. The van der Waals surface area contributed by atoms with Gasteiger partial charge in [-0.3, -0.25) is 0 Å². The maximum Gasteiger partial charge on any atom is 0.317 e. The van der Waals surface area contributed by atoms with E-state index in [4.69, 9.17) is 4.74 Å². The summed E-state index contributed by atoms with van der Waals surface area (Å²) in [5.74, 6) is 0. The Balaban J connectivity index is 2.33. The minimum absolute atomic E-state index is 0.0540. The van der Waals surface area contributed by atoms with Gasteiger partial charge in [0, 0.05) is 32.2 Å². The van der Waals surface area contributed by atoms with Gasteiger partial charge < -0.3 is 20.3 Å². The van der Waals surface area contributed by atoms with Gasteiger partial charge in [0.2, 0.25) is 0 Å². The number of likely N-dealkylation sites (N-methyl/N-ethyl adjacent to an activating group) is 1. The highest BCUT2D eigenvalue weighted by Crippen LogP contribution is 2.02. The number of urea groups is 1. The maximum absolute atomic E-state index is 11.8. The molecule has 0 aromatic rings. The summed E-state index contributed by atoms with van der Waals surface area (Å²) in [6.07, 6.45) is 0.101. The van der Waals surface area contributed by atoms with E-state index < -0.39 is 0 Å². The van der Waals surface area contributed by atoms with Gasteiger partial charge in [0.05, 0.1) is 12.7 Å². The summed E-state index contributed by atoms with van der Waals surface area (Å²) in [6, 6.07) is -0.0540. The van der Waals surface area contributed by atoms with Crippen molar-refractivity contribution in [2.24, 2.45) is 0 Å². The minimum Gasteiger partial charge on any atom is -0.374 e. The molecule has 1 heterocycles. The zero-order valence-electron chi connectivity index (χ0n) is 10.7. The van der Waals surface area contributed by atoms with Crippen molar-refractivity contribution < 1.29 is 9.53 Å². The van der Waals surface area contributed by atoms with Crippen molar-refractivity contribution in [1.29, 1.82) is 0 Å². The Hall–Kier alpha value is -0.810. The molecule has 5 nitrogen and oxygen atoms in total. The fourth-order valence-corrected chi connectivity index (χ4v) is 1.54. The summed E-state index contributed by atoms with van der Waals surface area (Å²) >= 11 is 0. The quantitative estimate of drug-likeness (QED) is 0.721. The molecule has 0 aromatic heterocycles. The predicted molar refractivity (Wildman–Crippen MR) is 63.5 cm³/mol. The molecule has 0 spiro atoms. The standard InChI is InChI=1S/C11H23N3O2/c1-11(2,3)13-10(15)14(4)8-9-7-12-5-6-16-9/h9,12H,5-8H2,1-4H3,(H,13,15). The normalized spacial score (nSPS) is 21.6. The molecular formula is C11H23N3O2. The highest BCUT2D eigenvalue weighted by molar-refractivity contribution is 5.74. The van der Waals surface area contributed by atoms with Crippen LogP contribution in [0.25, 0.3) is 0 Å². The van der Waals surface area contributed by atoms with Gasteiger partial charge in [0.1, 0.15) is 0 Å². The fourth-order valence-electron chi connectivity index (χ4n) is 1.54. The van der Waals surface area contributed by atoms with E-state index in [1.165, 1.54) is 0 Å². The Kier molecular flexibility index (Phi) is 4.56. The summed E-state index contributed by atoms with van der Waals surface area (Å²) in [5.41, 5.74) is -0.197. The Morgan fingerprint density at radius 1 is 1.56 bits per heavy atom. The van der Waals surface area contributed by atoms with Crippen molar-refractivity contribution in [3.8, 4) is 0 Å². The van der Waals surface area contributed by atoms with Crippen LogP contribution in [0.4, 0.5) is 4.79 Å². The van der Waals surface area contributed by atoms with Crippen molar-refractivity contribution in [2.75, 3.05) is 33.3 Å². The second kappa shape index (κ2) is 5.50. The maximum atomic E-state index is 11.8. The van der Waals surface area contributed by atoms with Crippen LogP contribution in [-0.4, -0.2) is 55.9 Å². The first-order valence-electron chi connectivity index (χ1n) is 5.74. The lowest BCUT2D eigenvalue weighted by atomic mass is 10.1. The number of amides is 2. The zero-order valence-corrected chi connectivity index (χ0v) is 10.7. The summed E-state index contributed by atoms with van der Waals surface area (Å²) in [5, 5.41) is 6.16. The summed E-state index contributed by atoms with van der Waals surface area (Å²) in [6.45, 7) is 8.96. The second-order valence-corrected chi connectivity index (χ2v) is 5.26. The highest BCUT2D eigenvalue weighted by atomic mass is 16.5. The Morgan fingerprint density at radius 2 is 2.25 bits per heavy atom. The first kappa shape index (κ1) is 13.3. The van der Waals surface area contributed by atoms with Crippen molar-refractivity contribution >= 4 is 6.03 Å². The lowest BCUT2D eigenvalue weighted by Gasteiger charge is -2.30. The predicted octanol–water partition coefficient (Wildman–Crippen LogP) is 0.415. The molecule has 0 saturated carbocycles. The molecule has 2 amide bonds. The fraction of sp³-hybridized carbons (Fsp3) is 0.909. The number of morpholine rings is 1. The van der Waals surface area contributed by atoms with E-state index in [0.717, 1.165) is 19.7 Å². The number of ether oxygens (including phenoxy) is 1. The first-order valence-corrected chi connectivity index (χ1v) is 5.74. The molecule has 5 heteroatoms. The lowest BCUT2D eigenvalue weighted by Crippen LogP contribution is -2.51. The third-order valence-electron chi connectivity index (χ3n) is 2.31. The lowest BCUT2D eigenvalue weighted by molar-refractivity contribution is 0.0151. The summed E-state index contributed by atoms with van der Waals surface area (Å²) in [7, 11) is 1.79. The van der Waals surface area contributed by atoms with Crippen LogP contribution in [0.1, 0.15) is 20.8 Å². The monoisotopic (exact) mass is 229 g/mol. The van der Waals surface area contributed by atoms with Gasteiger partial charge >= 0.3 is 6.03 Å². The molecule has 0 aromatic carbocycles. The number of hydrogen-bond donors (Lipinski definition) is 2. The number of carbonyl (C=O) groups excluding carboxylic acids is 1. The van der Waals surface area contributed by atoms with Gasteiger partial charge in [-0.1, -0.05) is 0 Å². The highest BCUT2D eigenvalue weighted by Gasteiger charge is 2.21. The molecular weight excluding hydrogens is 206 g/mol.